The fourth-order valence-electron chi connectivity index (χ4n) is 3.08. The molecule has 1 aliphatic heterocycles. The summed E-state index contributed by atoms with van der Waals surface area (Å²) < 4.78 is 13.8. The van der Waals surface area contributed by atoms with Crippen LogP contribution in [0.3, 0.4) is 0 Å². The second-order valence-corrected chi connectivity index (χ2v) is 6.54. The number of hydrogen-bond acceptors (Lipinski definition) is 2. The van der Waals surface area contributed by atoms with E-state index in [2.05, 4.69) is 10.2 Å². The first kappa shape index (κ1) is 16.9. The number of likely N-dealkylation sites (tertiary alicyclic amines) is 1. The minimum absolute atomic E-state index is 0.0265. The largest absolute Gasteiger partial charge is 0.324 e. The Labute approximate surface area is 146 Å². The molecule has 1 heterocycles. The van der Waals surface area contributed by atoms with Gasteiger partial charge in [0, 0.05) is 18.7 Å². The van der Waals surface area contributed by atoms with Gasteiger partial charge >= 0.3 is 0 Å². The molecular formula is C19H20ClFN2O. The molecule has 5 heteroatoms. The molecule has 0 spiro atoms. The number of hydrogen-bond donors (Lipinski definition) is 1. The van der Waals surface area contributed by atoms with Crippen molar-refractivity contribution in [3.63, 3.8) is 0 Å². The Morgan fingerprint density at radius 1 is 1.21 bits per heavy atom. The average Bonchev–Trinajstić information content (AvgIpc) is 2.59. The third-order valence-electron chi connectivity index (χ3n) is 4.36. The standard InChI is InChI=1S/C19H20ClFN2O/c20-16-8-2-4-10-18(16)22-19(24)15-7-5-11-23(13-15)12-14-6-1-3-9-17(14)21/h1-4,6,8-10,15H,5,7,11-13H2,(H,22,24). The summed E-state index contributed by atoms with van der Waals surface area (Å²) >= 11 is 6.09. The first-order chi connectivity index (χ1) is 11.6. The molecule has 1 unspecified atom stereocenters. The number of rotatable bonds is 4. The highest BCUT2D eigenvalue weighted by atomic mass is 35.5. The van der Waals surface area contributed by atoms with Crippen LogP contribution in [0.1, 0.15) is 18.4 Å². The summed E-state index contributed by atoms with van der Waals surface area (Å²) in [5.74, 6) is -0.330. The second-order valence-electron chi connectivity index (χ2n) is 6.13. The summed E-state index contributed by atoms with van der Waals surface area (Å²) in [6.45, 7) is 2.04. The zero-order valence-electron chi connectivity index (χ0n) is 13.3. The van der Waals surface area contributed by atoms with E-state index in [9.17, 15) is 9.18 Å². The summed E-state index contributed by atoms with van der Waals surface area (Å²) in [6, 6.07) is 14.0. The number of para-hydroxylation sites is 1. The van der Waals surface area contributed by atoms with Crippen molar-refractivity contribution in [2.75, 3.05) is 18.4 Å². The zero-order chi connectivity index (χ0) is 16.9. The number of piperidine rings is 1. The molecule has 3 nitrogen and oxygen atoms in total. The zero-order valence-corrected chi connectivity index (χ0v) is 14.1. The molecule has 2 aromatic rings. The van der Waals surface area contributed by atoms with Gasteiger partial charge in [-0.2, -0.15) is 0 Å². The molecule has 0 bridgehead atoms. The van der Waals surface area contributed by atoms with Gasteiger partial charge in [0.15, 0.2) is 0 Å². The van der Waals surface area contributed by atoms with Gasteiger partial charge in [0.05, 0.1) is 16.6 Å². The monoisotopic (exact) mass is 346 g/mol. The maximum Gasteiger partial charge on any atom is 0.228 e. The smallest absolute Gasteiger partial charge is 0.228 e. The Morgan fingerprint density at radius 2 is 1.96 bits per heavy atom. The summed E-state index contributed by atoms with van der Waals surface area (Å²) in [7, 11) is 0. The van der Waals surface area contributed by atoms with Crippen LogP contribution in [0.5, 0.6) is 0 Å². The molecule has 24 heavy (non-hydrogen) atoms. The SMILES string of the molecule is O=C(Nc1ccccc1Cl)C1CCCN(Cc2ccccc2F)C1. The minimum Gasteiger partial charge on any atom is -0.324 e. The van der Waals surface area contributed by atoms with Crippen LogP contribution in [0.2, 0.25) is 5.02 Å². The molecule has 0 radical (unpaired) electrons. The van der Waals surface area contributed by atoms with Crippen LogP contribution in [0.4, 0.5) is 10.1 Å². The number of carbonyl (C=O) groups excluding carboxylic acids is 1. The molecule has 0 saturated carbocycles. The molecule has 1 fully saturated rings. The van der Waals surface area contributed by atoms with E-state index < -0.39 is 0 Å². The first-order valence-electron chi connectivity index (χ1n) is 8.14. The topological polar surface area (TPSA) is 32.3 Å². The van der Waals surface area contributed by atoms with Crippen molar-refractivity contribution < 1.29 is 9.18 Å². The quantitative estimate of drug-likeness (QED) is 0.893. The van der Waals surface area contributed by atoms with Gasteiger partial charge in [0.2, 0.25) is 5.91 Å². The maximum absolute atomic E-state index is 13.8. The number of halogens is 2. The second kappa shape index (κ2) is 7.77. The van der Waals surface area contributed by atoms with Gasteiger partial charge in [0.1, 0.15) is 5.82 Å². The van der Waals surface area contributed by atoms with Crippen molar-refractivity contribution in [2.24, 2.45) is 5.92 Å². The molecule has 1 N–H and O–H groups in total. The van der Waals surface area contributed by atoms with E-state index in [4.69, 9.17) is 11.6 Å². The van der Waals surface area contributed by atoms with E-state index in [1.54, 1.807) is 24.3 Å². The van der Waals surface area contributed by atoms with Gasteiger partial charge in [-0.05, 0) is 37.6 Å². The third kappa shape index (κ3) is 4.13. The Kier molecular flexibility index (Phi) is 5.48. The Bertz CT molecular complexity index is 722. The van der Waals surface area contributed by atoms with E-state index in [1.807, 2.05) is 18.2 Å². The number of amides is 1. The van der Waals surface area contributed by atoms with Crippen LogP contribution in [0, 0.1) is 11.7 Å². The van der Waals surface area contributed by atoms with Gasteiger partial charge in [-0.3, -0.25) is 9.69 Å². The molecule has 126 valence electrons. The van der Waals surface area contributed by atoms with Crippen molar-refractivity contribution in [3.05, 3.63) is 64.9 Å². The van der Waals surface area contributed by atoms with Crippen LogP contribution < -0.4 is 5.32 Å². The number of nitrogens with one attached hydrogen (secondary N) is 1. The van der Waals surface area contributed by atoms with Gasteiger partial charge < -0.3 is 5.32 Å². The van der Waals surface area contributed by atoms with Crippen molar-refractivity contribution in [1.29, 1.82) is 0 Å². The number of benzene rings is 2. The fourth-order valence-corrected chi connectivity index (χ4v) is 3.26. The molecule has 1 amide bonds. The van der Waals surface area contributed by atoms with Gasteiger partial charge in [-0.25, -0.2) is 4.39 Å². The van der Waals surface area contributed by atoms with Crippen LogP contribution in [-0.2, 0) is 11.3 Å². The maximum atomic E-state index is 13.8. The van der Waals surface area contributed by atoms with E-state index in [0.29, 0.717) is 29.4 Å². The molecular weight excluding hydrogens is 327 g/mol. The van der Waals surface area contributed by atoms with Crippen LogP contribution in [0.15, 0.2) is 48.5 Å². The summed E-state index contributed by atoms with van der Waals surface area (Å²) in [4.78, 5) is 14.7. The highest BCUT2D eigenvalue weighted by molar-refractivity contribution is 6.33. The van der Waals surface area contributed by atoms with Gasteiger partial charge in [0.25, 0.3) is 0 Å². The third-order valence-corrected chi connectivity index (χ3v) is 4.69. The predicted octanol–water partition coefficient (Wildman–Crippen LogP) is 4.33. The van der Waals surface area contributed by atoms with Crippen molar-refractivity contribution in [3.8, 4) is 0 Å². The lowest BCUT2D eigenvalue weighted by molar-refractivity contribution is -0.121. The number of anilines is 1. The van der Waals surface area contributed by atoms with Crippen molar-refractivity contribution >= 4 is 23.2 Å². The van der Waals surface area contributed by atoms with Crippen LogP contribution in [-0.4, -0.2) is 23.9 Å². The molecule has 0 aromatic heterocycles. The Hall–Kier alpha value is -1.91. The first-order valence-corrected chi connectivity index (χ1v) is 8.52. The predicted molar refractivity (Wildman–Crippen MR) is 94.5 cm³/mol. The van der Waals surface area contributed by atoms with E-state index in [0.717, 1.165) is 19.4 Å². The van der Waals surface area contributed by atoms with Crippen molar-refractivity contribution in [1.82, 2.24) is 4.90 Å². The normalized spacial score (nSPS) is 18.3. The number of carbonyl (C=O) groups is 1. The summed E-state index contributed by atoms with van der Waals surface area (Å²) in [6.07, 6.45) is 1.76. The Morgan fingerprint density at radius 3 is 2.75 bits per heavy atom. The molecule has 1 saturated heterocycles. The van der Waals surface area contributed by atoms with Crippen LogP contribution >= 0.6 is 11.6 Å². The minimum atomic E-state index is -0.194. The van der Waals surface area contributed by atoms with E-state index in [1.165, 1.54) is 6.07 Å². The molecule has 1 aliphatic rings. The van der Waals surface area contributed by atoms with Gasteiger partial charge in [-0.15, -0.1) is 0 Å². The lowest BCUT2D eigenvalue weighted by atomic mass is 9.96. The van der Waals surface area contributed by atoms with E-state index >= 15 is 0 Å². The molecule has 3 rings (SSSR count). The fraction of sp³-hybridized carbons (Fsp3) is 0.316. The lowest BCUT2D eigenvalue weighted by Gasteiger charge is -2.32. The molecule has 0 aliphatic carbocycles. The highest BCUT2D eigenvalue weighted by Crippen LogP contribution is 2.24. The summed E-state index contributed by atoms with van der Waals surface area (Å²) in [5.41, 5.74) is 1.31. The Balaban J connectivity index is 1.62. The highest BCUT2D eigenvalue weighted by Gasteiger charge is 2.26. The van der Waals surface area contributed by atoms with Crippen LogP contribution in [0.25, 0.3) is 0 Å². The number of nitrogens with zero attached hydrogens (tertiary/aromatic N) is 1. The van der Waals surface area contributed by atoms with E-state index in [-0.39, 0.29) is 17.6 Å². The lowest BCUT2D eigenvalue weighted by Crippen LogP contribution is -2.40. The summed E-state index contributed by atoms with van der Waals surface area (Å²) in [5, 5.41) is 3.44. The van der Waals surface area contributed by atoms with Crippen molar-refractivity contribution in [2.45, 2.75) is 19.4 Å². The molecule has 2 aromatic carbocycles. The average molecular weight is 347 g/mol. The van der Waals surface area contributed by atoms with Gasteiger partial charge in [-0.1, -0.05) is 41.9 Å². The molecule has 1 atom stereocenters.